The SMILES string of the molecule is Cc1ccc2c(-c3c4ccccc4c(-c4ccc5c(c4)C(C)(C)c4cc(-c6ccc7c(c6)C(C)(C)c6ccccc6-7)ccc4-5)c4cc(C)ccc34)c3ccccc3c(-c3ccc4c(c3)C(C)(C)c3ccccc3-4)c2c1. The van der Waals surface area contributed by atoms with Crippen LogP contribution in [0.3, 0.4) is 0 Å². The van der Waals surface area contributed by atoms with Crippen molar-refractivity contribution >= 4 is 43.1 Å². The van der Waals surface area contributed by atoms with Gasteiger partial charge in [0.15, 0.2) is 0 Å². The van der Waals surface area contributed by atoms with Crippen molar-refractivity contribution < 1.29 is 0 Å². The number of hydrogen-bond donors (Lipinski definition) is 0. The van der Waals surface area contributed by atoms with Crippen molar-refractivity contribution in [2.24, 2.45) is 0 Å². The van der Waals surface area contributed by atoms with E-state index in [1.54, 1.807) is 0 Å². The fourth-order valence-corrected chi connectivity index (χ4v) is 14.6. The average Bonchev–Trinajstić information content (AvgIpc) is 3.96. The molecule has 3 aliphatic rings. The second kappa shape index (κ2) is 15.4. The van der Waals surface area contributed by atoms with Crippen molar-refractivity contribution in [3.05, 3.63) is 251 Å². The predicted molar refractivity (Wildman–Crippen MR) is 320 cm³/mol. The molecule has 0 saturated carbocycles. The highest BCUT2D eigenvalue weighted by molar-refractivity contribution is 6.30. The second-order valence-electron chi connectivity index (χ2n) is 23.7. The van der Waals surface area contributed by atoms with Crippen LogP contribution >= 0.6 is 0 Å². The Labute approximate surface area is 441 Å². The van der Waals surface area contributed by atoms with E-state index in [9.17, 15) is 0 Å². The summed E-state index contributed by atoms with van der Waals surface area (Å²) in [5, 5.41) is 10.2. The first-order valence-corrected chi connectivity index (χ1v) is 27.0. The van der Waals surface area contributed by atoms with Crippen molar-refractivity contribution in [1.29, 1.82) is 0 Å². The molecule has 0 bridgehead atoms. The molecule has 0 atom stereocenters. The Morgan fingerprint density at radius 2 is 0.493 bits per heavy atom. The summed E-state index contributed by atoms with van der Waals surface area (Å²) in [4.78, 5) is 0. The molecule has 0 heterocycles. The van der Waals surface area contributed by atoms with Crippen molar-refractivity contribution in [3.8, 4) is 77.9 Å². The summed E-state index contributed by atoms with van der Waals surface area (Å²) in [6.45, 7) is 18.9. The summed E-state index contributed by atoms with van der Waals surface area (Å²) < 4.78 is 0. The van der Waals surface area contributed by atoms with Crippen LogP contribution in [-0.4, -0.2) is 0 Å². The van der Waals surface area contributed by atoms with E-state index in [2.05, 4.69) is 262 Å². The average molecular weight is 959 g/mol. The highest BCUT2D eigenvalue weighted by Crippen LogP contribution is 2.56. The van der Waals surface area contributed by atoms with E-state index >= 15 is 0 Å². The maximum absolute atomic E-state index is 2.53. The molecule has 358 valence electrons. The molecule has 0 nitrogen and oxygen atoms in total. The van der Waals surface area contributed by atoms with Crippen LogP contribution in [-0.2, 0) is 16.2 Å². The minimum atomic E-state index is -0.208. The molecule has 0 aliphatic heterocycles. The second-order valence-corrected chi connectivity index (χ2v) is 23.7. The van der Waals surface area contributed by atoms with E-state index in [0.717, 1.165) is 0 Å². The Morgan fingerprint density at radius 3 is 0.880 bits per heavy atom. The molecule has 75 heavy (non-hydrogen) atoms. The number of rotatable bonds is 4. The highest BCUT2D eigenvalue weighted by Gasteiger charge is 2.39. The molecule has 0 aromatic heterocycles. The van der Waals surface area contributed by atoms with Crippen LogP contribution in [0.4, 0.5) is 0 Å². The minimum absolute atomic E-state index is 0.0457. The monoisotopic (exact) mass is 958 g/mol. The zero-order valence-corrected chi connectivity index (χ0v) is 44.1. The van der Waals surface area contributed by atoms with E-state index in [1.165, 1.54) is 165 Å². The third-order valence-electron chi connectivity index (χ3n) is 18.4. The van der Waals surface area contributed by atoms with Crippen LogP contribution in [0.15, 0.2) is 206 Å². The molecule has 0 N–H and O–H groups in total. The van der Waals surface area contributed by atoms with Crippen molar-refractivity contribution in [2.75, 3.05) is 0 Å². The van der Waals surface area contributed by atoms with E-state index in [-0.39, 0.29) is 16.2 Å². The molecule has 0 fully saturated rings. The van der Waals surface area contributed by atoms with Gasteiger partial charge in [0.1, 0.15) is 0 Å². The van der Waals surface area contributed by atoms with Gasteiger partial charge in [-0.2, -0.15) is 0 Å². The first-order valence-electron chi connectivity index (χ1n) is 27.0. The molecule has 0 amide bonds. The lowest BCUT2D eigenvalue weighted by Gasteiger charge is -2.25. The first-order chi connectivity index (χ1) is 36.3. The number of aryl methyl sites for hydroxylation is 2. The summed E-state index contributed by atoms with van der Waals surface area (Å²) in [6.07, 6.45) is 0. The Morgan fingerprint density at radius 1 is 0.213 bits per heavy atom. The van der Waals surface area contributed by atoms with Crippen LogP contribution in [0, 0.1) is 13.8 Å². The van der Waals surface area contributed by atoms with Crippen LogP contribution in [0.5, 0.6) is 0 Å². The number of benzene rings is 12. The summed E-state index contributed by atoms with van der Waals surface area (Å²) in [5.74, 6) is 0. The minimum Gasteiger partial charge on any atom is -0.0619 e. The normalized spacial score (nSPS) is 15.0. The summed E-state index contributed by atoms with van der Waals surface area (Å²) >= 11 is 0. The maximum atomic E-state index is 2.53. The Hall–Kier alpha value is -8.32. The van der Waals surface area contributed by atoms with Crippen LogP contribution in [0.25, 0.3) is 121 Å². The quantitative estimate of drug-likeness (QED) is 0.154. The van der Waals surface area contributed by atoms with Gasteiger partial charge in [-0.25, -0.2) is 0 Å². The smallest absolute Gasteiger partial charge is 0.0159 e. The van der Waals surface area contributed by atoms with Gasteiger partial charge in [0.2, 0.25) is 0 Å². The summed E-state index contributed by atoms with van der Waals surface area (Å²) in [5.41, 5.74) is 29.0. The van der Waals surface area contributed by atoms with Gasteiger partial charge in [-0.05, 0) is 192 Å². The first kappa shape index (κ1) is 44.2. The zero-order chi connectivity index (χ0) is 50.9. The van der Waals surface area contributed by atoms with E-state index < -0.39 is 0 Å². The van der Waals surface area contributed by atoms with Gasteiger partial charge in [0, 0.05) is 16.2 Å². The number of hydrogen-bond acceptors (Lipinski definition) is 0. The molecular formula is C75H58. The molecule has 12 aromatic rings. The standard InChI is InChI=1S/C75H58/c1-43-25-31-59-61(37-43)69(47-29-35-52-50-18-14-16-24-64(50)74(5,6)67(52)41-47)55-19-9-11-21-57(55)71(59)72-58-22-12-10-20-56(58)70(62-38-44(2)26-32-60(62)72)48-30-36-54-53-34-28-46(40-66(53)75(7,8)68(54)42-48)45-27-33-51-49-17-13-15-23-63(49)73(3,4)65(51)39-45/h9-42H,1-8H3. The Bertz CT molecular complexity index is 4510. The lowest BCUT2D eigenvalue weighted by molar-refractivity contribution is 0.659. The van der Waals surface area contributed by atoms with Gasteiger partial charge in [-0.1, -0.05) is 235 Å². The third-order valence-corrected chi connectivity index (χ3v) is 18.4. The van der Waals surface area contributed by atoms with Gasteiger partial charge in [-0.15, -0.1) is 0 Å². The van der Waals surface area contributed by atoms with E-state index in [4.69, 9.17) is 0 Å². The van der Waals surface area contributed by atoms with Gasteiger partial charge in [0.25, 0.3) is 0 Å². The fraction of sp³-hybridized carbons (Fsp3) is 0.147. The molecule has 3 aliphatic carbocycles. The predicted octanol–water partition coefficient (Wildman–Crippen LogP) is 20.5. The van der Waals surface area contributed by atoms with Gasteiger partial charge < -0.3 is 0 Å². The van der Waals surface area contributed by atoms with Gasteiger partial charge >= 0.3 is 0 Å². The van der Waals surface area contributed by atoms with Crippen LogP contribution in [0.2, 0.25) is 0 Å². The molecule has 0 unspecified atom stereocenters. The maximum Gasteiger partial charge on any atom is 0.0159 e. The molecule has 12 aromatic carbocycles. The molecule has 0 heteroatoms. The van der Waals surface area contributed by atoms with Gasteiger partial charge in [0.05, 0.1) is 0 Å². The van der Waals surface area contributed by atoms with Crippen molar-refractivity contribution in [3.63, 3.8) is 0 Å². The van der Waals surface area contributed by atoms with Gasteiger partial charge in [-0.3, -0.25) is 0 Å². The zero-order valence-electron chi connectivity index (χ0n) is 44.1. The number of fused-ring (bicyclic) bond motifs is 13. The molecule has 0 saturated heterocycles. The molecular weight excluding hydrogens is 901 g/mol. The summed E-state index contributed by atoms with van der Waals surface area (Å²) in [7, 11) is 0. The summed E-state index contributed by atoms with van der Waals surface area (Å²) in [6, 6.07) is 79.7. The lowest BCUT2D eigenvalue weighted by Crippen LogP contribution is -2.15. The van der Waals surface area contributed by atoms with Crippen molar-refractivity contribution in [2.45, 2.75) is 71.6 Å². The topological polar surface area (TPSA) is 0 Å². The molecule has 15 rings (SSSR count). The third kappa shape index (κ3) is 6.06. The lowest BCUT2D eigenvalue weighted by atomic mass is 9.78. The largest absolute Gasteiger partial charge is 0.0619 e. The highest BCUT2D eigenvalue weighted by atomic mass is 14.4. The van der Waals surface area contributed by atoms with Crippen LogP contribution < -0.4 is 0 Å². The molecule has 0 radical (unpaired) electrons. The molecule has 0 spiro atoms. The van der Waals surface area contributed by atoms with E-state index in [1.807, 2.05) is 0 Å². The Kier molecular flexibility index (Phi) is 9.06. The van der Waals surface area contributed by atoms with Crippen LogP contribution in [0.1, 0.15) is 86.1 Å². The Balaban J connectivity index is 0.906. The fourth-order valence-electron chi connectivity index (χ4n) is 14.6. The van der Waals surface area contributed by atoms with E-state index in [0.29, 0.717) is 0 Å². The van der Waals surface area contributed by atoms with Crippen molar-refractivity contribution in [1.82, 2.24) is 0 Å².